The van der Waals surface area contributed by atoms with Crippen molar-refractivity contribution in [2.24, 2.45) is 0 Å². The van der Waals surface area contributed by atoms with Crippen molar-refractivity contribution in [3.63, 3.8) is 0 Å². The number of furan rings is 1. The molecule has 0 atom stereocenters. The first-order chi connectivity index (χ1) is 10.5. The van der Waals surface area contributed by atoms with Gasteiger partial charge in [-0.2, -0.15) is 0 Å². The number of hydrogen-bond acceptors (Lipinski definition) is 6. The Morgan fingerprint density at radius 1 is 1.23 bits per heavy atom. The van der Waals surface area contributed by atoms with Crippen LogP contribution in [0.2, 0.25) is 0 Å². The molecule has 0 aliphatic carbocycles. The van der Waals surface area contributed by atoms with Crippen molar-refractivity contribution >= 4 is 26.9 Å². The first-order valence-electron chi connectivity index (χ1n) is 6.49. The standard InChI is InChI=1S/C14H17NO6S/c1-19-8-12(9-20-2)22(17,18)15-14(16)11-4-3-10-5-6-21-13(10)7-11/h3-7,12H,8-9H2,1-2H3,(H,15,16). The van der Waals surface area contributed by atoms with Crippen LogP contribution in [0.25, 0.3) is 11.0 Å². The van der Waals surface area contributed by atoms with Crippen LogP contribution >= 0.6 is 0 Å². The van der Waals surface area contributed by atoms with Crippen LogP contribution in [0.5, 0.6) is 0 Å². The molecular weight excluding hydrogens is 310 g/mol. The zero-order chi connectivity index (χ0) is 16.2. The topological polar surface area (TPSA) is 94.8 Å². The SMILES string of the molecule is COCC(COC)S(=O)(=O)NC(=O)c1ccc2ccoc2c1. The first kappa shape index (κ1) is 16.5. The molecule has 1 heterocycles. The first-order valence-corrected chi connectivity index (χ1v) is 8.03. The summed E-state index contributed by atoms with van der Waals surface area (Å²) in [7, 11) is -1.15. The van der Waals surface area contributed by atoms with Gasteiger partial charge in [0.05, 0.1) is 19.5 Å². The lowest BCUT2D eigenvalue weighted by molar-refractivity contribution is 0.0978. The van der Waals surface area contributed by atoms with E-state index in [4.69, 9.17) is 13.9 Å². The molecule has 0 fully saturated rings. The Bertz CT molecular complexity index is 746. The van der Waals surface area contributed by atoms with Crippen molar-refractivity contribution in [2.45, 2.75) is 5.25 Å². The Hall–Kier alpha value is -1.90. The maximum atomic E-state index is 12.2. The Balaban J connectivity index is 2.18. The van der Waals surface area contributed by atoms with E-state index >= 15 is 0 Å². The lowest BCUT2D eigenvalue weighted by Crippen LogP contribution is -2.42. The number of fused-ring (bicyclic) bond motifs is 1. The van der Waals surface area contributed by atoms with Gasteiger partial charge in [-0.15, -0.1) is 0 Å². The van der Waals surface area contributed by atoms with Crippen molar-refractivity contribution < 1.29 is 27.1 Å². The molecule has 0 aliphatic heterocycles. The lowest BCUT2D eigenvalue weighted by Gasteiger charge is -2.16. The molecule has 0 saturated carbocycles. The van der Waals surface area contributed by atoms with Crippen LogP contribution < -0.4 is 4.72 Å². The molecule has 0 bridgehead atoms. The summed E-state index contributed by atoms with van der Waals surface area (Å²) in [5.41, 5.74) is 0.704. The van der Waals surface area contributed by atoms with Crippen LogP contribution in [0.15, 0.2) is 34.9 Å². The van der Waals surface area contributed by atoms with Gasteiger partial charge in [-0.25, -0.2) is 13.1 Å². The average molecular weight is 327 g/mol. The van der Waals surface area contributed by atoms with Gasteiger partial charge in [0.25, 0.3) is 5.91 Å². The molecule has 120 valence electrons. The zero-order valence-electron chi connectivity index (χ0n) is 12.2. The zero-order valence-corrected chi connectivity index (χ0v) is 13.1. The molecule has 0 unspecified atom stereocenters. The molecular formula is C14H17NO6S. The largest absolute Gasteiger partial charge is 0.464 e. The lowest BCUT2D eigenvalue weighted by atomic mass is 10.2. The minimum Gasteiger partial charge on any atom is -0.464 e. The second-order valence-electron chi connectivity index (χ2n) is 4.68. The van der Waals surface area contributed by atoms with Crippen molar-refractivity contribution in [1.82, 2.24) is 4.72 Å². The van der Waals surface area contributed by atoms with Gasteiger partial charge in [0, 0.05) is 25.2 Å². The summed E-state index contributed by atoms with van der Waals surface area (Å²) in [5, 5.41) is -0.144. The highest BCUT2D eigenvalue weighted by Crippen LogP contribution is 2.17. The molecule has 2 rings (SSSR count). The Labute approximate surface area is 128 Å². The number of ether oxygens (including phenoxy) is 2. The molecule has 0 radical (unpaired) electrons. The summed E-state index contributed by atoms with van der Waals surface area (Å²) >= 11 is 0. The highest BCUT2D eigenvalue weighted by molar-refractivity contribution is 7.90. The second kappa shape index (κ2) is 6.91. The van der Waals surface area contributed by atoms with Gasteiger partial charge in [0.15, 0.2) is 0 Å². The van der Waals surface area contributed by atoms with E-state index < -0.39 is 21.2 Å². The minimum absolute atomic E-state index is 0.0757. The van der Waals surface area contributed by atoms with Gasteiger partial charge < -0.3 is 13.9 Å². The fourth-order valence-electron chi connectivity index (χ4n) is 1.97. The van der Waals surface area contributed by atoms with E-state index in [1.165, 1.54) is 32.6 Å². The van der Waals surface area contributed by atoms with Gasteiger partial charge >= 0.3 is 0 Å². The third kappa shape index (κ3) is 3.65. The van der Waals surface area contributed by atoms with Gasteiger partial charge in [-0.05, 0) is 18.2 Å². The van der Waals surface area contributed by atoms with E-state index in [1.807, 2.05) is 4.72 Å². The van der Waals surface area contributed by atoms with Gasteiger partial charge in [0.1, 0.15) is 10.8 Å². The third-order valence-electron chi connectivity index (χ3n) is 3.10. The maximum absolute atomic E-state index is 12.2. The number of sulfonamides is 1. The van der Waals surface area contributed by atoms with Gasteiger partial charge in [0.2, 0.25) is 10.0 Å². The number of carbonyl (C=O) groups is 1. The molecule has 0 aliphatic rings. The molecule has 1 aromatic carbocycles. The summed E-state index contributed by atoms with van der Waals surface area (Å²) in [4.78, 5) is 12.1. The summed E-state index contributed by atoms with van der Waals surface area (Å²) in [6, 6.07) is 6.45. The van der Waals surface area contributed by atoms with E-state index in [1.54, 1.807) is 12.1 Å². The Kier molecular flexibility index (Phi) is 5.17. The molecule has 1 aromatic heterocycles. The summed E-state index contributed by atoms with van der Waals surface area (Å²) in [5.74, 6) is -0.726. The number of hydrogen-bond donors (Lipinski definition) is 1. The second-order valence-corrected chi connectivity index (χ2v) is 6.64. The van der Waals surface area contributed by atoms with Crippen molar-refractivity contribution in [1.29, 1.82) is 0 Å². The molecule has 1 N–H and O–H groups in total. The van der Waals surface area contributed by atoms with Gasteiger partial charge in [-0.3, -0.25) is 4.79 Å². The molecule has 8 heteroatoms. The molecule has 0 spiro atoms. The monoisotopic (exact) mass is 327 g/mol. The minimum atomic E-state index is -3.91. The van der Waals surface area contributed by atoms with Crippen LogP contribution in [0.4, 0.5) is 0 Å². The maximum Gasteiger partial charge on any atom is 0.264 e. The fraction of sp³-hybridized carbons (Fsp3) is 0.357. The number of benzene rings is 1. The predicted octanol–water partition coefficient (Wildman–Crippen LogP) is 1.15. The number of amides is 1. The number of methoxy groups -OCH3 is 2. The highest BCUT2D eigenvalue weighted by Gasteiger charge is 2.28. The van der Waals surface area contributed by atoms with Gasteiger partial charge in [-0.1, -0.05) is 6.07 Å². The molecule has 1 amide bonds. The average Bonchev–Trinajstić information content (AvgIpc) is 2.93. The Morgan fingerprint density at radius 3 is 2.55 bits per heavy atom. The summed E-state index contributed by atoms with van der Waals surface area (Å²) in [6.07, 6.45) is 1.50. The van der Waals surface area contributed by atoms with E-state index in [9.17, 15) is 13.2 Å². The number of nitrogens with one attached hydrogen (secondary N) is 1. The van der Waals surface area contributed by atoms with Crippen molar-refractivity contribution in [3.05, 3.63) is 36.1 Å². The highest BCUT2D eigenvalue weighted by atomic mass is 32.2. The van der Waals surface area contributed by atoms with Crippen molar-refractivity contribution in [3.8, 4) is 0 Å². The van der Waals surface area contributed by atoms with Crippen LogP contribution in [0, 0.1) is 0 Å². The third-order valence-corrected chi connectivity index (χ3v) is 4.72. The van der Waals surface area contributed by atoms with E-state index in [-0.39, 0.29) is 18.8 Å². The van der Waals surface area contributed by atoms with Crippen LogP contribution in [-0.4, -0.2) is 47.0 Å². The van der Waals surface area contributed by atoms with E-state index in [0.717, 1.165) is 5.39 Å². The number of carbonyl (C=O) groups excluding carboxylic acids is 1. The summed E-state index contributed by atoms with van der Waals surface area (Å²) < 4.78 is 41.3. The molecule has 22 heavy (non-hydrogen) atoms. The Morgan fingerprint density at radius 2 is 1.91 bits per heavy atom. The summed E-state index contributed by atoms with van der Waals surface area (Å²) in [6.45, 7) is -0.151. The number of rotatable bonds is 7. The smallest absolute Gasteiger partial charge is 0.264 e. The molecule has 7 nitrogen and oxygen atoms in total. The van der Waals surface area contributed by atoms with Crippen molar-refractivity contribution in [2.75, 3.05) is 27.4 Å². The normalized spacial score (nSPS) is 12.0. The van der Waals surface area contributed by atoms with Crippen LogP contribution in [0.1, 0.15) is 10.4 Å². The molecule has 2 aromatic rings. The quantitative estimate of drug-likeness (QED) is 0.820. The predicted molar refractivity (Wildman–Crippen MR) is 80.1 cm³/mol. The van der Waals surface area contributed by atoms with Crippen LogP contribution in [0.3, 0.4) is 0 Å². The van der Waals surface area contributed by atoms with Crippen LogP contribution in [-0.2, 0) is 19.5 Å². The van der Waals surface area contributed by atoms with E-state index in [0.29, 0.717) is 5.58 Å². The van der Waals surface area contributed by atoms with E-state index in [2.05, 4.69) is 0 Å². The fourth-order valence-corrected chi connectivity index (χ4v) is 3.14. The molecule has 0 saturated heterocycles.